The average molecular weight is 453 g/mol. The van der Waals surface area contributed by atoms with Gasteiger partial charge in [-0.2, -0.15) is 13.2 Å². The van der Waals surface area contributed by atoms with Crippen LogP contribution in [0.25, 0.3) is 5.69 Å². The third kappa shape index (κ3) is 4.39. The van der Waals surface area contributed by atoms with E-state index >= 15 is 0 Å². The van der Waals surface area contributed by atoms with E-state index in [1.54, 1.807) is 11.7 Å². The maximum Gasteiger partial charge on any atom is 0.416 e. The summed E-state index contributed by atoms with van der Waals surface area (Å²) in [6.45, 7) is 5.68. The van der Waals surface area contributed by atoms with Crippen molar-refractivity contribution in [3.8, 4) is 5.69 Å². The van der Waals surface area contributed by atoms with Crippen LogP contribution >= 0.6 is 0 Å². The predicted molar refractivity (Wildman–Crippen MR) is 112 cm³/mol. The zero-order valence-corrected chi connectivity index (χ0v) is 18.2. The quantitative estimate of drug-likeness (QED) is 0.621. The highest BCUT2D eigenvalue weighted by molar-refractivity contribution is 7.92. The molecule has 0 atom stereocenters. The maximum absolute atomic E-state index is 12.9. The highest BCUT2D eigenvalue weighted by Gasteiger charge is 2.30. The fraction of sp³-hybridized carbons (Fsp3) is 0.286. The van der Waals surface area contributed by atoms with E-state index in [1.165, 1.54) is 35.0 Å². The summed E-state index contributed by atoms with van der Waals surface area (Å²) in [5.41, 5.74) is 0.610. The third-order valence-corrected chi connectivity index (χ3v) is 6.41. The molecular weight excluding hydrogens is 431 g/mol. The molecule has 10 heteroatoms. The number of anilines is 1. The Hall–Kier alpha value is -3.01. The number of nitrogens with zero attached hydrogens (tertiary/aromatic N) is 2. The van der Waals surface area contributed by atoms with Gasteiger partial charge in [-0.1, -0.05) is 19.9 Å². The fourth-order valence-corrected chi connectivity index (χ4v) is 4.47. The molecule has 1 heterocycles. The Balaban J connectivity index is 1.94. The number of hydrogen-bond donors (Lipinski definition) is 1. The van der Waals surface area contributed by atoms with Gasteiger partial charge in [0.15, 0.2) is 0 Å². The Morgan fingerprint density at radius 3 is 2.16 bits per heavy atom. The lowest BCUT2D eigenvalue weighted by atomic mass is 10.0. The molecule has 3 rings (SSSR count). The van der Waals surface area contributed by atoms with Gasteiger partial charge in [0.05, 0.1) is 16.1 Å². The molecule has 0 saturated heterocycles. The molecule has 0 radical (unpaired) electrons. The van der Waals surface area contributed by atoms with Gasteiger partial charge in [0.2, 0.25) is 0 Å². The summed E-state index contributed by atoms with van der Waals surface area (Å²) in [7, 11) is -2.38. The Morgan fingerprint density at radius 1 is 1.03 bits per heavy atom. The van der Waals surface area contributed by atoms with E-state index in [1.807, 2.05) is 20.8 Å². The second-order valence-corrected chi connectivity index (χ2v) is 9.15. The molecule has 0 spiro atoms. The summed E-state index contributed by atoms with van der Waals surface area (Å²) >= 11 is 0. The topological polar surface area (TPSA) is 73.1 Å². The molecule has 0 bridgehead atoms. The van der Waals surface area contributed by atoms with Gasteiger partial charge in [0.1, 0.15) is 0 Å². The molecule has 31 heavy (non-hydrogen) atoms. The number of sulfonamides is 1. The van der Waals surface area contributed by atoms with Gasteiger partial charge in [0.25, 0.3) is 15.6 Å². The Morgan fingerprint density at radius 2 is 1.65 bits per heavy atom. The SMILES string of the molecule is Cc1c(C(C)C)c(=O)n(-c2ccc(S(=O)(=O)Nc3cccc(C(F)(F)F)c3)cc2)n1C. The lowest BCUT2D eigenvalue weighted by molar-refractivity contribution is -0.137. The van der Waals surface area contributed by atoms with E-state index in [4.69, 9.17) is 0 Å². The van der Waals surface area contributed by atoms with Crippen LogP contribution in [0.4, 0.5) is 18.9 Å². The molecule has 0 fully saturated rings. The molecule has 0 aliphatic heterocycles. The van der Waals surface area contributed by atoms with Crippen LogP contribution in [-0.2, 0) is 23.2 Å². The zero-order chi connectivity index (χ0) is 23.1. The summed E-state index contributed by atoms with van der Waals surface area (Å²) < 4.78 is 69.2. The van der Waals surface area contributed by atoms with Crippen molar-refractivity contribution in [2.75, 3.05) is 4.72 Å². The molecule has 3 aromatic rings. The van der Waals surface area contributed by atoms with Crippen LogP contribution in [0, 0.1) is 6.92 Å². The second-order valence-electron chi connectivity index (χ2n) is 7.47. The summed E-state index contributed by atoms with van der Waals surface area (Å²) in [6, 6.07) is 9.51. The van der Waals surface area contributed by atoms with Crippen LogP contribution in [0.15, 0.2) is 58.2 Å². The molecule has 0 amide bonds. The van der Waals surface area contributed by atoms with Gasteiger partial charge in [-0.3, -0.25) is 14.2 Å². The van der Waals surface area contributed by atoms with Crippen LogP contribution in [0.2, 0.25) is 0 Å². The largest absolute Gasteiger partial charge is 0.416 e. The van der Waals surface area contributed by atoms with Crippen molar-refractivity contribution in [2.24, 2.45) is 7.05 Å². The zero-order valence-electron chi connectivity index (χ0n) is 17.4. The van der Waals surface area contributed by atoms with Crippen molar-refractivity contribution in [2.45, 2.75) is 37.8 Å². The molecule has 0 unspecified atom stereocenters. The monoisotopic (exact) mass is 453 g/mol. The molecule has 6 nitrogen and oxygen atoms in total. The second kappa shape index (κ2) is 7.92. The highest BCUT2D eigenvalue weighted by Crippen LogP contribution is 2.31. The van der Waals surface area contributed by atoms with E-state index in [-0.39, 0.29) is 22.1 Å². The molecule has 0 aliphatic carbocycles. The van der Waals surface area contributed by atoms with Crippen molar-refractivity contribution in [3.63, 3.8) is 0 Å². The van der Waals surface area contributed by atoms with Crippen LogP contribution in [0.1, 0.15) is 36.6 Å². The summed E-state index contributed by atoms with van der Waals surface area (Å²) in [5.74, 6) is 0.0243. The number of alkyl halides is 3. The number of benzene rings is 2. The van der Waals surface area contributed by atoms with Crippen molar-refractivity contribution in [1.29, 1.82) is 0 Å². The minimum atomic E-state index is -4.58. The lowest BCUT2D eigenvalue weighted by Gasteiger charge is -2.12. The first-order chi connectivity index (χ1) is 14.3. The number of rotatable bonds is 5. The van der Waals surface area contributed by atoms with Gasteiger partial charge >= 0.3 is 6.18 Å². The first-order valence-corrected chi connectivity index (χ1v) is 10.9. The maximum atomic E-state index is 12.9. The lowest BCUT2D eigenvalue weighted by Crippen LogP contribution is -2.21. The summed E-state index contributed by atoms with van der Waals surface area (Å²) in [5, 5.41) is 0. The van der Waals surface area contributed by atoms with E-state index in [9.17, 15) is 26.4 Å². The highest BCUT2D eigenvalue weighted by atomic mass is 32.2. The van der Waals surface area contributed by atoms with E-state index in [2.05, 4.69) is 4.72 Å². The molecule has 2 aromatic carbocycles. The summed E-state index contributed by atoms with van der Waals surface area (Å²) in [4.78, 5) is 12.7. The number of halogens is 3. The molecule has 166 valence electrons. The first-order valence-electron chi connectivity index (χ1n) is 9.42. The van der Waals surface area contributed by atoms with Crippen molar-refractivity contribution >= 4 is 15.7 Å². The molecule has 1 N–H and O–H groups in total. The van der Waals surface area contributed by atoms with E-state index in [0.29, 0.717) is 11.3 Å². The molecular formula is C21H22F3N3O3S. The molecule has 1 aromatic heterocycles. The predicted octanol–water partition coefficient (Wildman–Crippen LogP) is 4.43. The number of hydrogen-bond acceptors (Lipinski definition) is 3. The molecule has 0 aliphatic rings. The fourth-order valence-electron chi connectivity index (χ4n) is 3.42. The van der Waals surface area contributed by atoms with Crippen LogP contribution in [0.3, 0.4) is 0 Å². The Labute approximate surface area is 178 Å². The smallest absolute Gasteiger partial charge is 0.285 e. The van der Waals surface area contributed by atoms with Crippen LogP contribution < -0.4 is 10.3 Å². The van der Waals surface area contributed by atoms with Crippen LogP contribution in [0.5, 0.6) is 0 Å². The Bertz CT molecular complexity index is 1270. The van der Waals surface area contributed by atoms with E-state index < -0.39 is 21.8 Å². The van der Waals surface area contributed by atoms with Gasteiger partial charge in [-0.15, -0.1) is 0 Å². The average Bonchev–Trinajstić information content (AvgIpc) is 2.90. The first kappa shape index (κ1) is 22.7. The minimum Gasteiger partial charge on any atom is -0.285 e. The van der Waals surface area contributed by atoms with Gasteiger partial charge in [0, 0.05) is 24.0 Å². The Kier molecular flexibility index (Phi) is 5.79. The minimum absolute atomic E-state index is 0.0243. The van der Waals surface area contributed by atoms with Gasteiger partial charge < -0.3 is 0 Å². The number of nitrogens with one attached hydrogen (secondary N) is 1. The van der Waals surface area contributed by atoms with Crippen LogP contribution in [-0.4, -0.2) is 17.8 Å². The standard InChI is InChI=1S/C21H22F3N3O3S/c1-13(2)19-14(3)26(4)27(20(19)28)17-8-10-18(11-9-17)31(29,30)25-16-7-5-6-15(12-16)21(22,23)24/h5-13,25H,1-4H3. The van der Waals surface area contributed by atoms with Gasteiger partial charge in [-0.05, 0) is 55.3 Å². The normalized spacial score (nSPS) is 12.4. The third-order valence-electron chi connectivity index (χ3n) is 5.01. The molecule has 0 saturated carbocycles. The number of aromatic nitrogens is 2. The summed E-state index contributed by atoms with van der Waals surface area (Å²) in [6.07, 6.45) is -4.58. The van der Waals surface area contributed by atoms with Crippen molar-refractivity contribution in [3.05, 3.63) is 75.7 Å². The van der Waals surface area contributed by atoms with Gasteiger partial charge in [-0.25, -0.2) is 13.1 Å². The van der Waals surface area contributed by atoms with Crippen molar-refractivity contribution in [1.82, 2.24) is 9.36 Å². The van der Waals surface area contributed by atoms with E-state index in [0.717, 1.165) is 23.9 Å². The van der Waals surface area contributed by atoms with Crippen molar-refractivity contribution < 1.29 is 21.6 Å².